The highest BCUT2D eigenvalue weighted by Gasteiger charge is 2.26. The third kappa shape index (κ3) is 5.73. The van der Waals surface area contributed by atoms with Crippen molar-refractivity contribution in [1.29, 1.82) is 0 Å². The van der Waals surface area contributed by atoms with Crippen LogP contribution in [-0.2, 0) is 21.2 Å². The minimum Gasteiger partial charge on any atom is -0.383 e. The van der Waals surface area contributed by atoms with Crippen molar-refractivity contribution in [2.24, 2.45) is 0 Å². The standard InChI is InChI=1S/C23H24N4O5S/c1-24-21-13-12-19(15-22(21)27(29)30)33(31,32)26(2)16-23(28)25-20-11-7-6-10-18(20)14-17-8-4-3-5-9-17/h3-13,15,24H,14,16H2,1-2H3,(H,25,28). The van der Waals surface area contributed by atoms with E-state index in [1.54, 1.807) is 12.1 Å². The van der Waals surface area contributed by atoms with Crippen molar-refractivity contribution in [2.45, 2.75) is 11.3 Å². The van der Waals surface area contributed by atoms with Crippen LogP contribution in [0.4, 0.5) is 17.1 Å². The van der Waals surface area contributed by atoms with Gasteiger partial charge in [0.1, 0.15) is 5.69 Å². The lowest BCUT2D eigenvalue weighted by Crippen LogP contribution is -2.35. The van der Waals surface area contributed by atoms with Crippen molar-refractivity contribution in [2.75, 3.05) is 31.3 Å². The number of nitrogens with one attached hydrogen (secondary N) is 2. The molecule has 0 saturated heterocycles. The van der Waals surface area contributed by atoms with Crippen molar-refractivity contribution in [1.82, 2.24) is 4.31 Å². The summed E-state index contributed by atoms with van der Waals surface area (Å²) in [5.74, 6) is -0.525. The summed E-state index contributed by atoms with van der Waals surface area (Å²) in [6.45, 7) is -0.455. The van der Waals surface area contributed by atoms with Gasteiger partial charge in [-0.05, 0) is 35.7 Å². The minimum atomic E-state index is -4.13. The zero-order valence-electron chi connectivity index (χ0n) is 18.2. The monoisotopic (exact) mass is 468 g/mol. The molecule has 0 unspecified atom stereocenters. The maximum absolute atomic E-state index is 12.9. The predicted octanol–water partition coefficient (Wildman–Crippen LogP) is 3.49. The van der Waals surface area contributed by atoms with Gasteiger partial charge in [0.25, 0.3) is 5.69 Å². The van der Waals surface area contributed by atoms with Gasteiger partial charge < -0.3 is 10.6 Å². The van der Waals surface area contributed by atoms with Crippen LogP contribution in [0.25, 0.3) is 0 Å². The largest absolute Gasteiger partial charge is 0.383 e. The number of hydrogen-bond acceptors (Lipinski definition) is 6. The van der Waals surface area contributed by atoms with Crippen LogP contribution in [0, 0.1) is 10.1 Å². The molecule has 0 heterocycles. The number of carbonyl (C=O) groups is 1. The molecular formula is C23H24N4O5S. The number of nitro groups is 1. The van der Waals surface area contributed by atoms with Crippen LogP contribution in [0.1, 0.15) is 11.1 Å². The molecule has 3 aromatic carbocycles. The van der Waals surface area contributed by atoms with Gasteiger partial charge in [0.2, 0.25) is 15.9 Å². The van der Waals surface area contributed by atoms with Gasteiger partial charge in [-0.3, -0.25) is 14.9 Å². The van der Waals surface area contributed by atoms with E-state index in [9.17, 15) is 23.3 Å². The number of sulfonamides is 1. The van der Waals surface area contributed by atoms with Crippen molar-refractivity contribution >= 4 is 33.0 Å². The summed E-state index contributed by atoms with van der Waals surface area (Å²) < 4.78 is 26.7. The SMILES string of the molecule is CNc1ccc(S(=O)(=O)N(C)CC(=O)Nc2ccccc2Cc2ccccc2)cc1[N+](=O)[O-]. The first-order valence-electron chi connectivity index (χ1n) is 10.1. The van der Waals surface area contributed by atoms with Gasteiger partial charge in [-0.1, -0.05) is 48.5 Å². The summed E-state index contributed by atoms with van der Waals surface area (Å²) in [4.78, 5) is 23.0. The molecule has 0 spiro atoms. The summed E-state index contributed by atoms with van der Waals surface area (Å²) in [5.41, 5.74) is 2.37. The number of likely N-dealkylation sites (N-methyl/N-ethyl adjacent to an activating group) is 1. The van der Waals surface area contributed by atoms with Crippen molar-refractivity contribution in [3.63, 3.8) is 0 Å². The average molecular weight is 469 g/mol. The molecule has 2 N–H and O–H groups in total. The second kappa shape index (κ2) is 10.2. The van der Waals surface area contributed by atoms with E-state index in [2.05, 4.69) is 10.6 Å². The highest BCUT2D eigenvalue weighted by Crippen LogP contribution is 2.28. The minimum absolute atomic E-state index is 0.189. The molecule has 9 nitrogen and oxygen atoms in total. The maximum atomic E-state index is 12.9. The van der Waals surface area contributed by atoms with Crippen LogP contribution >= 0.6 is 0 Å². The number of rotatable bonds is 9. The van der Waals surface area contributed by atoms with E-state index in [0.29, 0.717) is 12.1 Å². The molecule has 0 aliphatic heterocycles. The topological polar surface area (TPSA) is 122 Å². The lowest BCUT2D eigenvalue weighted by Gasteiger charge is -2.18. The van der Waals surface area contributed by atoms with Crippen LogP contribution in [-0.4, -0.2) is 44.2 Å². The van der Waals surface area contributed by atoms with E-state index in [0.717, 1.165) is 21.5 Å². The molecular weight excluding hydrogens is 444 g/mol. The van der Waals surface area contributed by atoms with Gasteiger partial charge >= 0.3 is 0 Å². The molecule has 0 aliphatic rings. The fourth-order valence-corrected chi connectivity index (χ4v) is 4.45. The zero-order chi connectivity index (χ0) is 24.0. The maximum Gasteiger partial charge on any atom is 0.293 e. The number of anilines is 2. The van der Waals surface area contributed by atoms with Crippen LogP contribution < -0.4 is 10.6 Å². The second-order valence-corrected chi connectivity index (χ2v) is 9.36. The molecule has 0 saturated carbocycles. The molecule has 1 amide bonds. The van der Waals surface area contributed by atoms with Gasteiger partial charge in [0.15, 0.2) is 0 Å². The molecule has 0 bridgehead atoms. The van der Waals surface area contributed by atoms with Crippen molar-refractivity contribution in [3.8, 4) is 0 Å². The Kier molecular flexibility index (Phi) is 7.41. The number of nitrogens with zero attached hydrogens (tertiary/aromatic N) is 2. The Morgan fingerprint density at radius 2 is 1.67 bits per heavy atom. The van der Waals surface area contributed by atoms with Crippen LogP contribution in [0.15, 0.2) is 77.7 Å². The molecule has 10 heteroatoms. The van der Waals surface area contributed by atoms with E-state index in [1.807, 2.05) is 42.5 Å². The van der Waals surface area contributed by atoms with Crippen LogP contribution in [0.3, 0.4) is 0 Å². The summed E-state index contributed by atoms with van der Waals surface area (Å²) in [6.07, 6.45) is 0.604. The number of carbonyl (C=O) groups excluding carboxylic acids is 1. The Morgan fingerprint density at radius 1 is 1.00 bits per heavy atom. The molecule has 0 aromatic heterocycles. The predicted molar refractivity (Wildman–Crippen MR) is 127 cm³/mol. The second-order valence-electron chi connectivity index (χ2n) is 7.31. The van der Waals surface area contributed by atoms with Gasteiger partial charge in [-0.15, -0.1) is 0 Å². The summed E-state index contributed by atoms with van der Waals surface area (Å²) in [6, 6.07) is 20.6. The third-order valence-corrected chi connectivity index (χ3v) is 6.84. The number of benzene rings is 3. The Bertz CT molecular complexity index is 1260. The number of para-hydroxylation sites is 1. The van der Waals surface area contributed by atoms with Gasteiger partial charge in [-0.25, -0.2) is 8.42 Å². The van der Waals surface area contributed by atoms with Gasteiger partial charge in [0, 0.05) is 25.8 Å². The summed E-state index contributed by atoms with van der Waals surface area (Å²) in [7, 11) is -1.37. The Morgan fingerprint density at radius 3 is 2.33 bits per heavy atom. The molecule has 0 atom stereocenters. The molecule has 0 fully saturated rings. The zero-order valence-corrected chi connectivity index (χ0v) is 19.0. The number of amides is 1. The van der Waals surface area contributed by atoms with Crippen molar-refractivity contribution < 1.29 is 18.1 Å². The molecule has 33 heavy (non-hydrogen) atoms. The lowest BCUT2D eigenvalue weighted by molar-refractivity contribution is -0.384. The first-order valence-corrected chi connectivity index (χ1v) is 11.5. The quantitative estimate of drug-likeness (QED) is 0.366. The first-order chi connectivity index (χ1) is 15.7. The van der Waals surface area contributed by atoms with Crippen molar-refractivity contribution in [3.05, 3.63) is 94.0 Å². The normalized spacial score (nSPS) is 11.2. The average Bonchev–Trinajstić information content (AvgIpc) is 2.80. The first kappa shape index (κ1) is 23.9. The molecule has 3 rings (SSSR count). The Hall–Kier alpha value is -3.76. The highest BCUT2D eigenvalue weighted by molar-refractivity contribution is 7.89. The Labute approximate surface area is 192 Å². The van der Waals surface area contributed by atoms with E-state index in [4.69, 9.17) is 0 Å². The van der Waals surface area contributed by atoms with Gasteiger partial charge in [-0.2, -0.15) is 4.31 Å². The van der Waals surface area contributed by atoms with E-state index in [1.165, 1.54) is 26.2 Å². The summed E-state index contributed by atoms with van der Waals surface area (Å²) in [5, 5.41) is 16.7. The van der Waals surface area contributed by atoms with Crippen LogP contribution in [0.2, 0.25) is 0 Å². The third-order valence-electron chi connectivity index (χ3n) is 5.04. The van der Waals surface area contributed by atoms with E-state index < -0.39 is 27.4 Å². The highest BCUT2D eigenvalue weighted by atomic mass is 32.2. The fourth-order valence-electron chi connectivity index (χ4n) is 3.30. The number of hydrogen-bond donors (Lipinski definition) is 2. The van der Waals surface area contributed by atoms with Gasteiger partial charge in [0.05, 0.1) is 16.4 Å². The molecule has 0 radical (unpaired) electrons. The summed E-state index contributed by atoms with van der Waals surface area (Å²) >= 11 is 0. The smallest absolute Gasteiger partial charge is 0.293 e. The molecule has 3 aromatic rings. The lowest BCUT2D eigenvalue weighted by atomic mass is 10.0. The van der Waals surface area contributed by atoms with Crippen LogP contribution in [0.5, 0.6) is 0 Å². The van der Waals surface area contributed by atoms with E-state index in [-0.39, 0.29) is 16.3 Å². The van der Waals surface area contributed by atoms with E-state index >= 15 is 0 Å². The molecule has 0 aliphatic carbocycles. The fraction of sp³-hybridized carbons (Fsp3) is 0.174. The Balaban J connectivity index is 1.75. The molecule has 172 valence electrons. The number of nitro benzene ring substituents is 1.